The van der Waals surface area contributed by atoms with Crippen LogP contribution >= 0.6 is 0 Å². The van der Waals surface area contributed by atoms with E-state index >= 15 is 0 Å². The van der Waals surface area contributed by atoms with Crippen LogP contribution < -0.4 is 4.57 Å². The second kappa shape index (κ2) is 10.3. The Morgan fingerprint density at radius 3 is 1.96 bits per heavy atom. The number of hydrogen-bond donors (Lipinski definition) is 0. The Hall–Kier alpha value is -2.70. The summed E-state index contributed by atoms with van der Waals surface area (Å²) < 4.78 is 1.84. The van der Waals surface area contributed by atoms with Gasteiger partial charge in [-0.15, -0.1) is 66.2 Å². The van der Waals surface area contributed by atoms with E-state index < -0.39 is 0 Å². The van der Waals surface area contributed by atoms with E-state index in [1.807, 2.05) is 95.7 Å². The Labute approximate surface area is 169 Å². The fourth-order valence-corrected chi connectivity index (χ4v) is 2.35. The van der Waals surface area contributed by atoms with Crippen LogP contribution in [-0.4, -0.2) is 4.98 Å². The Morgan fingerprint density at radius 1 is 0.731 bits per heavy atom. The summed E-state index contributed by atoms with van der Waals surface area (Å²) in [7, 11) is 3.89. The Kier molecular flexibility index (Phi) is 7.79. The van der Waals surface area contributed by atoms with Gasteiger partial charge in [-0.25, -0.2) is 0 Å². The minimum atomic E-state index is 0. The smallest absolute Gasteiger partial charge is 0.115 e. The van der Waals surface area contributed by atoms with Crippen LogP contribution in [-0.2, 0) is 21.1 Å². The van der Waals surface area contributed by atoms with Crippen molar-refractivity contribution in [1.29, 1.82) is 0 Å². The second-order valence-corrected chi connectivity index (χ2v) is 5.32. The monoisotopic (exact) mass is 517 g/mol. The van der Waals surface area contributed by atoms with Crippen LogP contribution in [0.4, 0.5) is 0 Å². The van der Waals surface area contributed by atoms with Crippen molar-refractivity contribution in [2.24, 2.45) is 0 Å². The summed E-state index contributed by atoms with van der Waals surface area (Å²) in [4.78, 5) is 4.22. The van der Waals surface area contributed by atoms with E-state index in [1.54, 1.807) is 6.20 Å². The molecule has 0 atom stereocenters. The maximum atomic E-state index is 4.22. The largest absolute Gasteiger partial charge is 0.321 e. The molecule has 0 spiro atoms. The van der Waals surface area contributed by atoms with E-state index in [9.17, 15) is 0 Å². The molecule has 0 unspecified atom stereocenters. The van der Waals surface area contributed by atoms with Gasteiger partial charge in [0.05, 0.1) is 6.20 Å². The van der Waals surface area contributed by atoms with Crippen molar-refractivity contribution in [3.05, 3.63) is 117 Å². The summed E-state index contributed by atoms with van der Waals surface area (Å²) in [6.45, 7) is 0. The van der Waals surface area contributed by atoms with Gasteiger partial charge in [0.2, 0.25) is 0 Å². The molecular weight excluding hydrogens is 499 g/mol. The molecule has 0 aliphatic rings. The minimum Gasteiger partial charge on any atom is -0.321 e. The molecule has 0 N–H and O–H groups in total. The Balaban J connectivity index is 0.000000180. The molecule has 0 bridgehead atoms. The minimum absolute atomic E-state index is 0. The van der Waals surface area contributed by atoms with Gasteiger partial charge in [0, 0.05) is 34.3 Å². The molecule has 4 rings (SSSR count). The molecule has 0 aliphatic carbocycles. The summed E-state index contributed by atoms with van der Waals surface area (Å²) in [5.41, 5.74) is 4.15. The third-order valence-corrected chi connectivity index (χ3v) is 3.58. The van der Waals surface area contributed by atoms with Crippen molar-refractivity contribution >= 4 is 0 Å². The van der Waals surface area contributed by atoms with E-state index in [0.29, 0.717) is 0 Å². The first kappa shape index (κ1) is 19.6. The van der Waals surface area contributed by atoms with E-state index in [0.717, 1.165) is 22.5 Å². The van der Waals surface area contributed by atoms with Crippen LogP contribution in [0.25, 0.3) is 22.5 Å². The molecule has 26 heavy (non-hydrogen) atoms. The molecule has 2 heterocycles. The van der Waals surface area contributed by atoms with Gasteiger partial charge in [-0.05, 0) is 17.8 Å². The predicted octanol–water partition coefficient (Wildman–Crippen LogP) is 4.63. The van der Waals surface area contributed by atoms with Crippen molar-refractivity contribution in [3.8, 4) is 22.5 Å². The quantitative estimate of drug-likeness (QED) is 0.280. The first-order chi connectivity index (χ1) is 12.3. The van der Waals surface area contributed by atoms with Gasteiger partial charge in [-0.1, -0.05) is 29.8 Å². The van der Waals surface area contributed by atoms with Gasteiger partial charge in [0.15, 0.2) is 0 Å². The zero-order valence-corrected chi connectivity index (χ0v) is 16.4. The fourth-order valence-electron chi connectivity index (χ4n) is 2.35. The van der Waals surface area contributed by atoms with Crippen molar-refractivity contribution in [3.63, 3.8) is 0 Å². The van der Waals surface area contributed by atoms with Crippen LogP contribution in [0.5, 0.6) is 0 Å². The van der Waals surface area contributed by atoms with Crippen LogP contribution in [0.1, 0.15) is 0 Å². The zero-order chi connectivity index (χ0) is 17.3. The van der Waals surface area contributed by atoms with Gasteiger partial charge >= 0.3 is 0 Å². The molecule has 4 aromatic rings. The van der Waals surface area contributed by atoms with Gasteiger partial charge in [0.1, 0.15) is 5.69 Å². The molecule has 0 radical (unpaired) electrons. The number of rotatable bonds is 2. The van der Waals surface area contributed by atoms with Crippen molar-refractivity contribution in [2.45, 2.75) is 0 Å². The molecule has 2 nitrogen and oxygen atoms in total. The second-order valence-electron chi connectivity index (χ2n) is 5.32. The summed E-state index contributed by atoms with van der Waals surface area (Å²) in [6.07, 6.45) is 3.71. The average Bonchev–Trinajstić information content (AvgIpc) is 2.71. The Morgan fingerprint density at radius 2 is 1.38 bits per heavy atom. The molecular formula is C23H18N2Pt-2. The van der Waals surface area contributed by atoms with E-state index in [-0.39, 0.29) is 21.1 Å². The normalized spacial score (nSPS) is 9.38. The molecule has 0 aliphatic heterocycles. The molecule has 0 fully saturated rings. The van der Waals surface area contributed by atoms with Crippen molar-refractivity contribution in [2.75, 3.05) is 0 Å². The third kappa shape index (κ3) is 5.40. The predicted molar refractivity (Wildman–Crippen MR) is 100 cm³/mol. The molecule has 2 aromatic carbocycles. The number of benzene rings is 2. The van der Waals surface area contributed by atoms with E-state index in [2.05, 4.69) is 24.2 Å². The first-order valence-corrected chi connectivity index (χ1v) is 8.01. The van der Waals surface area contributed by atoms with Crippen molar-refractivity contribution < 1.29 is 25.6 Å². The SMILES string of the molecule is [CH2-][n+]1ccccc1-c1[c-]cccc1.[Pt].[c-]1ccccc1-c1ccccn1. The van der Waals surface area contributed by atoms with Gasteiger partial charge in [-0.2, -0.15) is 0 Å². The van der Waals surface area contributed by atoms with Gasteiger partial charge in [0.25, 0.3) is 0 Å². The van der Waals surface area contributed by atoms with Gasteiger partial charge < -0.3 is 9.55 Å². The fraction of sp³-hybridized carbons (Fsp3) is 0. The number of hydrogen-bond acceptors (Lipinski definition) is 1. The summed E-state index contributed by atoms with van der Waals surface area (Å²) in [5.74, 6) is 0. The van der Waals surface area contributed by atoms with Crippen LogP contribution in [0.2, 0.25) is 0 Å². The molecule has 0 saturated heterocycles. The molecule has 132 valence electrons. The van der Waals surface area contributed by atoms with Crippen molar-refractivity contribution in [1.82, 2.24) is 4.98 Å². The third-order valence-electron chi connectivity index (χ3n) is 3.58. The molecule has 0 amide bonds. The maximum absolute atomic E-state index is 4.22. The number of aromatic nitrogens is 2. The van der Waals surface area contributed by atoms with E-state index in [4.69, 9.17) is 0 Å². The van der Waals surface area contributed by atoms with Gasteiger partial charge in [-0.3, -0.25) is 0 Å². The van der Waals surface area contributed by atoms with Crippen LogP contribution in [0, 0.1) is 19.2 Å². The topological polar surface area (TPSA) is 16.8 Å². The van der Waals surface area contributed by atoms with E-state index in [1.165, 1.54) is 0 Å². The van der Waals surface area contributed by atoms with Crippen LogP contribution in [0.3, 0.4) is 0 Å². The number of nitrogens with zero attached hydrogens (tertiary/aromatic N) is 2. The molecule has 2 aromatic heterocycles. The summed E-state index contributed by atoms with van der Waals surface area (Å²) in [6, 6.07) is 33.9. The molecule has 3 heteroatoms. The standard InChI is InChI=1S/C12H10N.C11H8N.Pt/c1-13-10-6-5-9-12(13)11-7-3-2-4-8-11;1-2-6-10(7-3-1)11-8-4-5-9-12-11;/h2-7,9-10H,1H2;1-6,8-9H;/q2*-1;. The average molecular weight is 517 g/mol. The summed E-state index contributed by atoms with van der Waals surface area (Å²) in [5, 5.41) is 0. The molecule has 0 saturated carbocycles. The first-order valence-electron chi connectivity index (χ1n) is 8.01. The van der Waals surface area contributed by atoms with Crippen LogP contribution in [0.15, 0.2) is 97.3 Å². The zero-order valence-electron chi connectivity index (χ0n) is 14.2. The summed E-state index contributed by atoms with van der Waals surface area (Å²) >= 11 is 0. The maximum Gasteiger partial charge on any atom is 0.115 e. The number of pyridine rings is 2. The Bertz CT molecular complexity index is 857.